The summed E-state index contributed by atoms with van der Waals surface area (Å²) < 4.78 is 0. The molecule has 1 saturated heterocycles. The van der Waals surface area contributed by atoms with E-state index < -0.39 is 0 Å². The van der Waals surface area contributed by atoms with Crippen molar-refractivity contribution >= 4 is 17.5 Å². The molecule has 0 N–H and O–H groups in total. The van der Waals surface area contributed by atoms with Crippen LogP contribution in [0.1, 0.15) is 59.3 Å². The Bertz CT molecular complexity index is 563. The van der Waals surface area contributed by atoms with Crippen molar-refractivity contribution in [2.24, 2.45) is 0 Å². The minimum atomic E-state index is -0.0329. The molecule has 1 aliphatic heterocycles. The smallest absolute Gasteiger partial charge is 0.222 e. The van der Waals surface area contributed by atoms with E-state index in [-0.39, 0.29) is 17.5 Å². The normalized spacial score (nSPS) is 20.0. The van der Waals surface area contributed by atoms with E-state index in [4.69, 9.17) is 0 Å². The van der Waals surface area contributed by atoms with Crippen LogP contribution >= 0.6 is 0 Å². The fraction of sp³-hybridized carbons (Fsp3) is 0.611. The highest BCUT2D eigenvalue weighted by atomic mass is 16.2. The molecule has 2 rings (SSSR count). The molecule has 0 aromatic rings. The standard InChI is InChI=1S/C18H25NO3/c1-12-13(2)18(22)15(14(3)17(12)21)8-7-9-16(20)19-10-5-4-6-11-19/h4-11H2,1-3H3. The fourth-order valence-electron chi connectivity index (χ4n) is 3.17. The van der Waals surface area contributed by atoms with E-state index in [1.807, 2.05) is 4.90 Å². The van der Waals surface area contributed by atoms with Crippen molar-refractivity contribution in [1.29, 1.82) is 0 Å². The summed E-state index contributed by atoms with van der Waals surface area (Å²) in [6.07, 6.45) is 4.99. The number of piperidine rings is 1. The highest BCUT2D eigenvalue weighted by Gasteiger charge is 2.27. The predicted molar refractivity (Wildman–Crippen MR) is 85.4 cm³/mol. The first-order valence-electron chi connectivity index (χ1n) is 8.18. The summed E-state index contributed by atoms with van der Waals surface area (Å²) in [7, 11) is 0. The molecular weight excluding hydrogens is 278 g/mol. The van der Waals surface area contributed by atoms with Crippen LogP contribution in [0, 0.1) is 0 Å². The topological polar surface area (TPSA) is 54.5 Å². The maximum atomic E-state index is 12.3. The van der Waals surface area contributed by atoms with Crippen LogP contribution in [0.25, 0.3) is 0 Å². The molecule has 0 saturated carbocycles. The van der Waals surface area contributed by atoms with E-state index >= 15 is 0 Å². The summed E-state index contributed by atoms with van der Waals surface area (Å²) in [5.74, 6) is 0.116. The largest absolute Gasteiger partial charge is 0.343 e. The van der Waals surface area contributed by atoms with E-state index in [0.717, 1.165) is 25.9 Å². The molecule has 22 heavy (non-hydrogen) atoms. The van der Waals surface area contributed by atoms with Gasteiger partial charge in [0.25, 0.3) is 0 Å². The van der Waals surface area contributed by atoms with Gasteiger partial charge in [-0.2, -0.15) is 0 Å². The number of allylic oxidation sites excluding steroid dienone is 4. The van der Waals surface area contributed by atoms with Gasteiger partial charge in [0.2, 0.25) is 5.91 Å². The van der Waals surface area contributed by atoms with Crippen LogP contribution in [0.4, 0.5) is 0 Å². The van der Waals surface area contributed by atoms with Crippen LogP contribution in [0.2, 0.25) is 0 Å². The Morgan fingerprint density at radius 3 is 2.14 bits per heavy atom. The minimum Gasteiger partial charge on any atom is -0.343 e. The van der Waals surface area contributed by atoms with Crippen molar-refractivity contribution in [3.05, 3.63) is 22.3 Å². The highest BCUT2D eigenvalue weighted by Crippen LogP contribution is 2.27. The average molecular weight is 303 g/mol. The molecule has 1 aliphatic carbocycles. The van der Waals surface area contributed by atoms with Crippen molar-refractivity contribution in [3.8, 4) is 0 Å². The molecule has 4 heteroatoms. The second-order valence-electron chi connectivity index (χ2n) is 6.31. The summed E-state index contributed by atoms with van der Waals surface area (Å²) in [6, 6.07) is 0. The SMILES string of the molecule is CC1=C(C)C(=O)C(CCCC(=O)N2CCCCC2)=C(C)C1=O. The Hall–Kier alpha value is -1.71. The number of hydrogen-bond donors (Lipinski definition) is 0. The first-order chi connectivity index (χ1) is 10.4. The van der Waals surface area contributed by atoms with Gasteiger partial charge in [0.1, 0.15) is 0 Å². The van der Waals surface area contributed by atoms with Crippen LogP contribution in [0.3, 0.4) is 0 Å². The number of nitrogens with zero attached hydrogens (tertiary/aromatic N) is 1. The van der Waals surface area contributed by atoms with Gasteiger partial charge in [-0.05, 0) is 52.9 Å². The molecule has 1 fully saturated rings. The number of ketones is 2. The van der Waals surface area contributed by atoms with E-state index in [1.165, 1.54) is 6.42 Å². The Kier molecular flexibility index (Phi) is 5.33. The molecule has 0 bridgehead atoms. The number of carbonyl (C=O) groups is 3. The summed E-state index contributed by atoms with van der Waals surface area (Å²) in [4.78, 5) is 38.5. The third-order valence-corrected chi connectivity index (χ3v) is 4.84. The van der Waals surface area contributed by atoms with Gasteiger partial charge in [-0.1, -0.05) is 0 Å². The van der Waals surface area contributed by atoms with Gasteiger partial charge in [-0.3, -0.25) is 14.4 Å². The van der Waals surface area contributed by atoms with Gasteiger partial charge >= 0.3 is 0 Å². The van der Waals surface area contributed by atoms with Crippen LogP contribution in [-0.4, -0.2) is 35.5 Å². The molecule has 2 aliphatic rings. The molecule has 0 radical (unpaired) electrons. The van der Waals surface area contributed by atoms with Gasteiger partial charge < -0.3 is 4.90 Å². The van der Waals surface area contributed by atoms with Gasteiger partial charge in [0, 0.05) is 41.8 Å². The van der Waals surface area contributed by atoms with Crippen LogP contribution in [0.5, 0.6) is 0 Å². The van der Waals surface area contributed by atoms with Gasteiger partial charge in [0.05, 0.1) is 0 Å². The number of likely N-dealkylation sites (tertiary alicyclic amines) is 1. The molecule has 1 amide bonds. The van der Waals surface area contributed by atoms with E-state index in [1.54, 1.807) is 20.8 Å². The monoisotopic (exact) mass is 303 g/mol. The fourth-order valence-corrected chi connectivity index (χ4v) is 3.17. The number of Topliss-reactive ketones (excluding diaryl/α,β-unsaturated/α-hetero) is 2. The third-order valence-electron chi connectivity index (χ3n) is 4.84. The second-order valence-corrected chi connectivity index (χ2v) is 6.31. The summed E-state index contributed by atoms with van der Waals surface area (Å²) in [5, 5.41) is 0. The average Bonchev–Trinajstić information content (AvgIpc) is 2.55. The number of carbonyl (C=O) groups excluding carboxylic acids is 3. The lowest BCUT2D eigenvalue weighted by atomic mass is 9.84. The maximum Gasteiger partial charge on any atom is 0.222 e. The molecular formula is C18H25NO3. The molecule has 0 atom stereocenters. The zero-order valence-electron chi connectivity index (χ0n) is 13.8. The molecule has 0 aromatic carbocycles. The zero-order valence-corrected chi connectivity index (χ0v) is 13.8. The van der Waals surface area contributed by atoms with Crippen molar-refractivity contribution < 1.29 is 14.4 Å². The first-order valence-corrected chi connectivity index (χ1v) is 8.18. The molecule has 0 unspecified atom stereocenters. The number of amides is 1. The predicted octanol–water partition coefficient (Wildman–Crippen LogP) is 2.97. The summed E-state index contributed by atoms with van der Waals surface area (Å²) in [6.45, 7) is 6.85. The maximum absolute atomic E-state index is 12.3. The highest BCUT2D eigenvalue weighted by molar-refractivity contribution is 6.24. The summed E-state index contributed by atoms with van der Waals surface area (Å²) >= 11 is 0. The second kappa shape index (κ2) is 7.03. The van der Waals surface area contributed by atoms with E-state index in [2.05, 4.69) is 0 Å². The van der Waals surface area contributed by atoms with E-state index in [9.17, 15) is 14.4 Å². The van der Waals surface area contributed by atoms with Crippen molar-refractivity contribution in [2.45, 2.75) is 59.3 Å². The quantitative estimate of drug-likeness (QED) is 0.750. The van der Waals surface area contributed by atoms with Crippen LogP contribution in [-0.2, 0) is 14.4 Å². The Labute approximate surface area is 132 Å². The Morgan fingerprint density at radius 2 is 1.50 bits per heavy atom. The Balaban J connectivity index is 1.92. The molecule has 1 heterocycles. The minimum absolute atomic E-state index is 0.0278. The number of hydrogen-bond acceptors (Lipinski definition) is 3. The third kappa shape index (κ3) is 3.37. The number of rotatable bonds is 4. The lowest BCUT2D eigenvalue weighted by Crippen LogP contribution is -2.35. The summed E-state index contributed by atoms with van der Waals surface area (Å²) in [5.41, 5.74) is 2.25. The van der Waals surface area contributed by atoms with Gasteiger partial charge in [-0.15, -0.1) is 0 Å². The van der Waals surface area contributed by atoms with Crippen LogP contribution < -0.4 is 0 Å². The molecule has 0 spiro atoms. The molecule has 0 aromatic heterocycles. The van der Waals surface area contributed by atoms with Crippen molar-refractivity contribution in [1.82, 2.24) is 4.90 Å². The molecule has 4 nitrogen and oxygen atoms in total. The van der Waals surface area contributed by atoms with E-state index in [0.29, 0.717) is 41.6 Å². The lowest BCUT2D eigenvalue weighted by molar-refractivity contribution is -0.132. The van der Waals surface area contributed by atoms with Gasteiger partial charge in [0.15, 0.2) is 11.6 Å². The van der Waals surface area contributed by atoms with Crippen molar-refractivity contribution in [3.63, 3.8) is 0 Å². The Morgan fingerprint density at radius 1 is 0.909 bits per heavy atom. The zero-order chi connectivity index (χ0) is 16.3. The van der Waals surface area contributed by atoms with Gasteiger partial charge in [-0.25, -0.2) is 0 Å². The first kappa shape index (κ1) is 16.7. The van der Waals surface area contributed by atoms with Crippen molar-refractivity contribution in [2.75, 3.05) is 13.1 Å². The molecule has 120 valence electrons. The lowest BCUT2D eigenvalue weighted by Gasteiger charge is -2.27. The van der Waals surface area contributed by atoms with Crippen LogP contribution in [0.15, 0.2) is 22.3 Å².